The van der Waals surface area contributed by atoms with Crippen LogP contribution in [0.15, 0.2) is 29.2 Å². The molecule has 0 saturated carbocycles. The van der Waals surface area contributed by atoms with Crippen LogP contribution in [0, 0.1) is 0 Å². The highest BCUT2D eigenvalue weighted by molar-refractivity contribution is 7.89. The van der Waals surface area contributed by atoms with Crippen molar-refractivity contribution in [3.63, 3.8) is 0 Å². The van der Waals surface area contributed by atoms with Crippen LogP contribution in [0.4, 0.5) is 0 Å². The van der Waals surface area contributed by atoms with Crippen LogP contribution in [0.3, 0.4) is 0 Å². The van der Waals surface area contributed by atoms with Crippen LogP contribution in [0.25, 0.3) is 0 Å². The van der Waals surface area contributed by atoms with Crippen LogP contribution in [0.2, 0.25) is 0 Å². The van der Waals surface area contributed by atoms with Gasteiger partial charge in [-0.1, -0.05) is 0 Å². The molecule has 2 amide bonds. The van der Waals surface area contributed by atoms with Crippen LogP contribution in [-0.2, 0) is 14.8 Å². The molecule has 0 aliphatic carbocycles. The molecule has 0 heterocycles. The molecule has 0 aliphatic rings. The van der Waals surface area contributed by atoms with Crippen molar-refractivity contribution in [1.29, 1.82) is 0 Å². The van der Waals surface area contributed by atoms with Crippen molar-refractivity contribution in [3.05, 3.63) is 29.8 Å². The molecular formula is C17H27N3O4S. The van der Waals surface area contributed by atoms with E-state index >= 15 is 0 Å². The van der Waals surface area contributed by atoms with Gasteiger partial charge in [0.05, 0.1) is 11.4 Å². The maximum absolute atomic E-state index is 12.2. The molecule has 1 aromatic carbocycles. The molecule has 0 atom stereocenters. The summed E-state index contributed by atoms with van der Waals surface area (Å²) in [6.07, 6.45) is 0. The first kappa shape index (κ1) is 21.1. The lowest BCUT2D eigenvalue weighted by Gasteiger charge is -2.20. The van der Waals surface area contributed by atoms with Gasteiger partial charge in [-0.15, -0.1) is 0 Å². The van der Waals surface area contributed by atoms with Gasteiger partial charge >= 0.3 is 0 Å². The van der Waals surface area contributed by atoms with E-state index in [1.54, 1.807) is 20.8 Å². The first-order valence-electron chi connectivity index (χ1n) is 7.93. The predicted octanol–water partition coefficient (Wildman–Crippen LogP) is 1.41. The summed E-state index contributed by atoms with van der Waals surface area (Å²) >= 11 is 0. The summed E-state index contributed by atoms with van der Waals surface area (Å²) in [6, 6.07) is 5.54. The van der Waals surface area contributed by atoms with E-state index in [0.29, 0.717) is 0 Å². The average Bonchev–Trinajstić information content (AvgIpc) is 2.40. The Morgan fingerprint density at radius 2 is 1.44 bits per heavy atom. The lowest BCUT2D eigenvalue weighted by atomic mass is 10.1. The monoisotopic (exact) mass is 369 g/mol. The molecule has 0 radical (unpaired) electrons. The number of carbonyl (C=O) groups is 2. The second-order valence-electron chi connectivity index (χ2n) is 7.86. The third-order valence-corrected chi connectivity index (χ3v) is 4.57. The van der Waals surface area contributed by atoms with Crippen molar-refractivity contribution in [1.82, 2.24) is 15.4 Å². The van der Waals surface area contributed by atoms with Crippen molar-refractivity contribution < 1.29 is 18.0 Å². The number of nitrogens with one attached hydrogen (secondary N) is 3. The van der Waals surface area contributed by atoms with Crippen LogP contribution < -0.4 is 15.4 Å². The van der Waals surface area contributed by atoms with E-state index in [0.717, 1.165) is 0 Å². The van der Waals surface area contributed by atoms with E-state index in [9.17, 15) is 18.0 Å². The molecule has 1 aromatic rings. The molecule has 8 heteroatoms. The first-order chi connectivity index (χ1) is 11.2. The minimum absolute atomic E-state index is 0.0736. The van der Waals surface area contributed by atoms with Crippen molar-refractivity contribution in [2.45, 2.75) is 57.5 Å². The number of hydrogen-bond acceptors (Lipinski definition) is 4. The first-order valence-corrected chi connectivity index (χ1v) is 9.41. The average molecular weight is 369 g/mol. The Labute approximate surface area is 149 Å². The highest BCUT2D eigenvalue weighted by Crippen LogP contribution is 2.14. The molecule has 0 unspecified atom stereocenters. The van der Waals surface area contributed by atoms with E-state index in [1.165, 1.54) is 24.3 Å². The highest BCUT2D eigenvalue weighted by atomic mass is 32.2. The SMILES string of the molecule is CC(C)(C)NC(=O)CNC(=O)c1ccc(S(=O)(=O)NC(C)(C)C)cc1. The van der Waals surface area contributed by atoms with E-state index < -0.39 is 21.5 Å². The lowest BCUT2D eigenvalue weighted by molar-refractivity contribution is -0.121. The Balaban J connectivity index is 2.73. The van der Waals surface area contributed by atoms with Crippen molar-refractivity contribution in [3.8, 4) is 0 Å². The summed E-state index contributed by atoms with van der Waals surface area (Å²) in [5.74, 6) is -0.744. The fraction of sp³-hybridized carbons (Fsp3) is 0.529. The zero-order valence-electron chi connectivity index (χ0n) is 15.6. The molecule has 25 heavy (non-hydrogen) atoms. The molecule has 1 rings (SSSR count). The zero-order chi connectivity index (χ0) is 19.5. The number of rotatable bonds is 5. The second kappa shape index (κ2) is 7.53. The summed E-state index contributed by atoms with van der Waals surface area (Å²) < 4.78 is 27.0. The molecule has 0 aromatic heterocycles. The Kier molecular flexibility index (Phi) is 6.36. The molecular weight excluding hydrogens is 342 g/mol. The Morgan fingerprint density at radius 3 is 1.88 bits per heavy atom. The van der Waals surface area contributed by atoms with E-state index in [1.807, 2.05) is 20.8 Å². The second-order valence-corrected chi connectivity index (χ2v) is 9.54. The number of carbonyl (C=O) groups excluding carboxylic acids is 2. The van der Waals surface area contributed by atoms with Crippen LogP contribution in [-0.4, -0.2) is 37.9 Å². The zero-order valence-corrected chi connectivity index (χ0v) is 16.4. The standard InChI is InChI=1S/C17H27N3O4S/c1-16(2,3)19-14(21)11-18-15(22)12-7-9-13(10-8-12)25(23,24)20-17(4,5)6/h7-10,20H,11H2,1-6H3,(H,18,22)(H,19,21). The maximum Gasteiger partial charge on any atom is 0.251 e. The predicted molar refractivity (Wildman–Crippen MR) is 96.7 cm³/mol. The van der Waals surface area contributed by atoms with Gasteiger partial charge in [0.1, 0.15) is 0 Å². The molecule has 140 valence electrons. The van der Waals surface area contributed by atoms with Gasteiger partial charge < -0.3 is 10.6 Å². The van der Waals surface area contributed by atoms with Crippen molar-refractivity contribution in [2.24, 2.45) is 0 Å². The van der Waals surface area contributed by atoms with Crippen LogP contribution in [0.5, 0.6) is 0 Å². The van der Waals surface area contributed by atoms with Crippen LogP contribution in [0.1, 0.15) is 51.9 Å². The van der Waals surface area contributed by atoms with Gasteiger partial charge in [0.15, 0.2) is 0 Å². The normalized spacial score (nSPS) is 12.6. The fourth-order valence-electron chi connectivity index (χ4n) is 1.97. The lowest BCUT2D eigenvalue weighted by Crippen LogP contribution is -2.45. The quantitative estimate of drug-likeness (QED) is 0.730. The molecule has 0 aliphatic heterocycles. The van der Waals surface area contributed by atoms with Gasteiger partial charge in [-0.25, -0.2) is 13.1 Å². The molecule has 0 fully saturated rings. The Hall–Kier alpha value is -1.93. The molecule has 7 nitrogen and oxygen atoms in total. The number of sulfonamides is 1. The Morgan fingerprint density at radius 1 is 0.920 bits per heavy atom. The van der Waals surface area contributed by atoms with Crippen LogP contribution >= 0.6 is 0 Å². The number of amides is 2. The highest BCUT2D eigenvalue weighted by Gasteiger charge is 2.22. The van der Waals surface area contributed by atoms with E-state index in [4.69, 9.17) is 0 Å². The largest absolute Gasteiger partial charge is 0.350 e. The van der Waals surface area contributed by atoms with Gasteiger partial charge in [-0.3, -0.25) is 9.59 Å². The fourth-order valence-corrected chi connectivity index (χ4v) is 3.39. The smallest absolute Gasteiger partial charge is 0.251 e. The molecule has 3 N–H and O–H groups in total. The third kappa shape index (κ3) is 7.66. The van der Waals surface area contributed by atoms with E-state index in [-0.39, 0.29) is 28.4 Å². The number of benzene rings is 1. The summed E-state index contributed by atoms with van der Waals surface area (Å²) in [5, 5.41) is 5.24. The Bertz CT molecular complexity index is 727. The minimum Gasteiger partial charge on any atom is -0.350 e. The van der Waals surface area contributed by atoms with Crippen molar-refractivity contribution >= 4 is 21.8 Å². The summed E-state index contributed by atoms with van der Waals surface area (Å²) in [6.45, 7) is 10.6. The van der Waals surface area contributed by atoms with Crippen molar-refractivity contribution in [2.75, 3.05) is 6.54 Å². The summed E-state index contributed by atoms with van der Waals surface area (Å²) in [7, 11) is -3.65. The summed E-state index contributed by atoms with van der Waals surface area (Å²) in [5.41, 5.74) is -0.703. The van der Waals surface area contributed by atoms with Gasteiger partial charge in [0.2, 0.25) is 15.9 Å². The minimum atomic E-state index is -3.65. The van der Waals surface area contributed by atoms with Gasteiger partial charge in [-0.05, 0) is 65.8 Å². The van der Waals surface area contributed by atoms with E-state index in [2.05, 4.69) is 15.4 Å². The number of hydrogen-bond donors (Lipinski definition) is 3. The topological polar surface area (TPSA) is 104 Å². The molecule has 0 bridgehead atoms. The van der Waals surface area contributed by atoms with Gasteiger partial charge in [-0.2, -0.15) is 0 Å². The molecule has 0 spiro atoms. The molecule has 0 saturated heterocycles. The summed E-state index contributed by atoms with van der Waals surface area (Å²) in [4.78, 5) is 23.8. The van der Waals surface area contributed by atoms with Gasteiger partial charge in [0.25, 0.3) is 5.91 Å². The maximum atomic E-state index is 12.2. The third-order valence-electron chi connectivity index (χ3n) is 2.79. The van der Waals surface area contributed by atoms with Gasteiger partial charge in [0, 0.05) is 16.6 Å².